The molecule has 1 aromatic carbocycles. The molecule has 2 aliphatic rings. The fraction of sp³-hybridized carbons (Fsp3) is 0.579. The van der Waals surface area contributed by atoms with Crippen LogP contribution in [0.25, 0.3) is 5.69 Å². The zero-order valence-corrected chi connectivity index (χ0v) is 16.8. The Hall–Kier alpha value is -2.03. The lowest BCUT2D eigenvalue weighted by molar-refractivity contribution is -0.123. The average Bonchev–Trinajstić information content (AvgIpc) is 3.39. The van der Waals surface area contributed by atoms with E-state index in [2.05, 4.69) is 31.1 Å². The van der Waals surface area contributed by atoms with Crippen molar-refractivity contribution in [2.24, 2.45) is 5.92 Å². The number of para-hydroxylation sites is 1. The Morgan fingerprint density at radius 2 is 2.07 bits per heavy atom. The molecule has 9 heteroatoms. The lowest BCUT2D eigenvalue weighted by Gasteiger charge is -2.32. The van der Waals surface area contributed by atoms with Crippen LogP contribution >= 0.6 is 12.4 Å². The number of likely N-dealkylation sites (tertiary alicyclic amines) is 1. The van der Waals surface area contributed by atoms with Gasteiger partial charge in [0, 0.05) is 13.1 Å². The first-order chi connectivity index (χ1) is 13.3. The van der Waals surface area contributed by atoms with Crippen LogP contribution in [0.2, 0.25) is 0 Å². The van der Waals surface area contributed by atoms with Gasteiger partial charge in [0.15, 0.2) is 5.82 Å². The lowest BCUT2D eigenvalue weighted by Crippen LogP contribution is -2.45. The highest BCUT2D eigenvalue weighted by Crippen LogP contribution is 2.18. The van der Waals surface area contributed by atoms with E-state index in [-0.39, 0.29) is 24.4 Å². The van der Waals surface area contributed by atoms with Gasteiger partial charge in [-0.25, -0.2) is 0 Å². The molecule has 2 aliphatic heterocycles. The van der Waals surface area contributed by atoms with Crippen LogP contribution in [0.1, 0.15) is 31.5 Å². The van der Waals surface area contributed by atoms with Crippen molar-refractivity contribution in [1.29, 1.82) is 0 Å². The molecule has 0 bridgehead atoms. The fourth-order valence-corrected chi connectivity index (χ4v) is 4.01. The molecule has 0 radical (unpaired) electrons. The second kappa shape index (κ2) is 9.95. The van der Waals surface area contributed by atoms with Gasteiger partial charge in [-0.2, -0.15) is 4.68 Å². The van der Waals surface area contributed by atoms with E-state index in [1.54, 1.807) is 4.68 Å². The number of halogens is 1. The first-order valence-corrected chi connectivity index (χ1v) is 9.86. The Labute approximate surface area is 171 Å². The van der Waals surface area contributed by atoms with Gasteiger partial charge < -0.3 is 10.6 Å². The van der Waals surface area contributed by atoms with Crippen LogP contribution in [0.5, 0.6) is 0 Å². The molecule has 2 aromatic rings. The van der Waals surface area contributed by atoms with Crippen molar-refractivity contribution in [2.75, 3.05) is 26.2 Å². The zero-order valence-electron chi connectivity index (χ0n) is 16.0. The van der Waals surface area contributed by atoms with E-state index < -0.39 is 0 Å². The van der Waals surface area contributed by atoms with Gasteiger partial charge in [-0.05, 0) is 67.3 Å². The summed E-state index contributed by atoms with van der Waals surface area (Å²) in [4.78, 5) is 14.6. The van der Waals surface area contributed by atoms with Crippen molar-refractivity contribution in [3.05, 3.63) is 36.2 Å². The molecule has 152 valence electrons. The summed E-state index contributed by atoms with van der Waals surface area (Å²) in [6.07, 6.45) is 4.32. The van der Waals surface area contributed by atoms with Crippen molar-refractivity contribution < 1.29 is 4.79 Å². The highest BCUT2D eigenvalue weighted by Gasteiger charge is 2.25. The second-order valence-corrected chi connectivity index (χ2v) is 7.48. The first kappa shape index (κ1) is 20.7. The van der Waals surface area contributed by atoms with Crippen LogP contribution < -0.4 is 10.6 Å². The molecule has 2 N–H and O–H groups in total. The van der Waals surface area contributed by atoms with Gasteiger partial charge in [-0.3, -0.25) is 9.69 Å². The van der Waals surface area contributed by atoms with Gasteiger partial charge in [-0.1, -0.05) is 18.2 Å². The number of hydrogen-bond acceptors (Lipinski definition) is 6. The summed E-state index contributed by atoms with van der Waals surface area (Å²) in [6.45, 7) is 4.41. The zero-order chi connectivity index (χ0) is 18.5. The number of benzene rings is 1. The minimum absolute atomic E-state index is 0. The van der Waals surface area contributed by atoms with E-state index in [9.17, 15) is 4.79 Å². The smallest absolute Gasteiger partial charge is 0.237 e. The molecule has 2 unspecified atom stereocenters. The number of rotatable bonds is 6. The number of piperidine rings is 1. The molecule has 3 heterocycles. The fourth-order valence-electron chi connectivity index (χ4n) is 4.01. The Morgan fingerprint density at radius 3 is 2.86 bits per heavy atom. The van der Waals surface area contributed by atoms with E-state index in [0.29, 0.717) is 5.92 Å². The quantitative estimate of drug-likeness (QED) is 0.750. The van der Waals surface area contributed by atoms with Crippen LogP contribution in [0.15, 0.2) is 30.3 Å². The molecule has 2 fully saturated rings. The van der Waals surface area contributed by atoms with E-state index in [1.807, 2.05) is 30.3 Å². The molecule has 0 aliphatic carbocycles. The van der Waals surface area contributed by atoms with Crippen LogP contribution in [0, 0.1) is 5.92 Å². The van der Waals surface area contributed by atoms with Gasteiger partial charge in [-0.15, -0.1) is 17.5 Å². The molecule has 28 heavy (non-hydrogen) atoms. The molecular formula is C19H28ClN7O. The summed E-state index contributed by atoms with van der Waals surface area (Å²) in [7, 11) is 0. The van der Waals surface area contributed by atoms with Crippen LogP contribution in [-0.4, -0.2) is 63.2 Å². The molecule has 2 atom stereocenters. The maximum atomic E-state index is 12.2. The number of hydrogen-bond donors (Lipinski definition) is 2. The maximum Gasteiger partial charge on any atom is 0.237 e. The highest BCUT2D eigenvalue weighted by atomic mass is 35.5. The first-order valence-electron chi connectivity index (χ1n) is 9.86. The number of carbonyl (C=O) groups is 1. The van der Waals surface area contributed by atoms with Crippen molar-refractivity contribution in [2.45, 2.75) is 38.3 Å². The Morgan fingerprint density at radius 1 is 1.21 bits per heavy atom. The van der Waals surface area contributed by atoms with E-state index >= 15 is 0 Å². The molecule has 1 amide bonds. The molecule has 8 nitrogen and oxygen atoms in total. The lowest BCUT2D eigenvalue weighted by atomic mass is 9.98. The number of nitrogens with zero attached hydrogens (tertiary/aromatic N) is 5. The molecule has 0 spiro atoms. The molecule has 0 saturated carbocycles. The van der Waals surface area contributed by atoms with Crippen molar-refractivity contribution >= 4 is 18.3 Å². The molecule has 2 saturated heterocycles. The number of tetrazole rings is 1. The third kappa shape index (κ3) is 5.06. The number of amides is 1. The van der Waals surface area contributed by atoms with Gasteiger partial charge in [0.1, 0.15) is 0 Å². The van der Waals surface area contributed by atoms with Crippen LogP contribution in [0.3, 0.4) is 0 Å². The topological polar surface area (TPSA) is 88.0 Å². The largest absolute Gasteiger partial charge is 0.354 e. The summed E-state index contributed by atoms with van der Waals surface area (Å²) in [6, 6.07) is 9.97. The average molecular weight is 406 g/mol. The van der Waals surface area contributed by atoms with Crippen LogP contribution in [0.4, 0.5) is 0 Å². The van der Waals surface area contributed by atoms with Crippen molar-refractivity contribution in [3.63, 3.8) is 0 Å². The number of carbonyl (C=O) groups excluding carboxylic acids is 1. The summed E-state index contributed by atoms with van der Waals surface area (Å²) in [5.41, 5.74) is 0.974. The predicted molar refractivity (Wildman–Crippen MR) is 108 cm³/mol. The van der Waals surface area contributed by atoms with E-state index in [1.165, 1.54) is 0 Å². The third-order valence-electron chi connectivity index (χ3n) is 5.44. The third-order valence-corrected chi connectivity index (χ3v) is 5.44. The van der Waals surface area contributed by atoms with Crippen molar-refractivity contribution in [3.8, 4) is 5.69 Å². The van der Waals surface area contributed by atoms with Crippen LogP contribution in [-0.2, 0) is 11.3 Å². The predicted octanol–water partition coefficient (Wildman–Crippen LogP) is 1.16. The number of aromatic nitrogens is 4. The van der Waals surface area contributed by atoms with E-state index in [0.717, 1.165) is 69.9 Å². The molecular weight excluding hydrogens is 378 g/mol. The Bertz CT molecular complexity index is 748. The maximum absolute atomic E-state index is 12.2. The summed E-state index contributed by atoms with van der Waals surface area (Å²) >= 11 is 0. The summed E-state index contributed by atoms with van der Waals surface area (Å²) in [5, 5.41) is 18.6. The molecule has 4 rings (SSSR count). The van der Waals surface area contributed by atoms with E-state index in [4.69, 9.17) is 0 Å². The molecule has 1 aromatic heterocycles. The summed E-state index contributed by atoms with van der Waals surface area (Å²) in [5.74, 6) is 1.48. The summed E-state index contributed by atoms with van der Waals surface area (Å²) < 4.78 is 1.80. The second-order valence-electron chi connectivity index (χ2n) is 7.48. The van der Waals surface area contributed by atoms with Gasteiger partial charge >= 0.3 is 0 Å². The Kier molecular flexibility index (Phi) is 7.36. The normalized spacial score (nSPS) is 22.6. The van der Waals surface area contributed by atoms with Crippen molar-refractivity contribution in [1.82, 2.24) is 35.7 Å². The SMILES string of the molecule is Cl.O=C(NCC1CCCN(Cc2nnnn2-c2ccccc2)C1)C1CCCN1. The van der Waals surface area contributed by atoms with Gasteiger partial charge in [0.25, 0.3) is 0 Å². The Balaban J connectivity index is 0.00000225. The standard InChI is InChI=1S/C19H27N7O.ClH/c27-19(17-9-4-10-20-17)21-12-15-6-5-11-25(13-15)14-18-22-23-24-26(18)16-7-2-1-3-8-16;/h1-3,7-8,15,17,20H,4-6,9-14H2,(H,21,27);1H. The number of nitrogens with one attached hydrogen (secondary N) is 2. The minimum Gasteiger partial charge on any atom is -0.354 e. The van der Waals surface area contributed by atoms with Gasteiger partial charge in [0.2, 0.25) is 5.91 Å². The van der Waals surface area contributed by atoms with Gasteiger partial charge in [0.05, 0.1) is 18.3 Å². The monoisotopic (exact) mass is 405 g/mol. The highest BCUT2D eigenvalue weighted by molar-refractivity contribution is 5.85. The minimum atomic E-state index is 0.